The van der Waals surface area contributed by atoms with Crippen LogP contribution in [0.25, 0.3) is 0 Å². The summed E-state index contributed by atoms with van der Waals surface area (Å²) in [5.41, 5.74) is 0.516. The van der Waals surface area contributed by atoms with E-state index in [1.807, 2.05) is 33.8 Å². The van der Waals surface area contributed by atoms with Crippen LogP contribution in [0, 0.1) is 0 Å². The highest BCUT2D eigenvalue weighted by Gasteiger charge is 2.27. The fourth-order valence-electron chi connectivity index (χ4n) is 2.84. The van der Waals surface area contributed by atoms with Gasteiger partial charge in [0, 0.05) is 19.1 Å². The molecule has 1 atom stereocenters. The number of hydrogen-bond donors (Lipinski definition) is 3. The first-order valence-corrected chi connectivity index (χ1v) is 8.28. The molecule has 0 radical (unpaired) electrons. The average molecular weight is 337 g/mol. The van der Waals surface area contributed by atoms with Crippen LogP contribution in [0.3, 0.4) is 0 Å². The summed E-state index contributed by atoms with van der Waals surface area (Å²) in [6.45, 7) is 8.98. The van der Waals surface area contributed by atoms with Crippen molar-refractivity contribution in [3.05, 3.63) is 23.5 Å². The maximum atomic E-state index is 11.8. The largest absolute Gasteiger partial charge is 0.479 e. The second kappa shape index (κ2) is 7.15. The molecule has 0 bridgehead atoms. The van der Waals surface area contributed by atoms with Crippen LogP contribution in [0.4, 0.5) is 4.79 Å². The molecule has 0 aliphatic carbocycles. The first-order chi connectivity index (χ1) is 11.2. The van der Waals surface area contributed by atoms with Crippen LogP contribution in [-0.2, 0) is 9.53 Å². The van der Waals surface area contributed by atoms with Crippen molar-refractivity contribution in [2.75, 3.05) is 13.1 Å². The molecule has 7 heteroatoms. The third-order valence-electron chi connectivity index (χ3n) is 4.00. The molecule has 24 heavy (non-hydrogen) atoms. The molecule has 134 valence electrons. The number of aliphatic carboxylic acids is 1. The molecule has 0 aromatic heterocycles. The highest BCUT2D eigenvalue weighted by molar-refractivity contribution is 5.77. The predicted molar refractivity (Wildman–Crippen MR) is 90.4 cm³/mol. The quantitative estimate of drug-likeness (QED) is 0.728. The van der Waals surface area contributed by atoms with E-state index in [9.17, 15) is 9.59 Å². The van der Waals surface area contributed by atoms with Gasteiger partial charge in [-0.05, 0) is 46.1 Å². The number of alkyl carbamates (subject to hydrolysis) is 1. The minimum Gasteiger partial charge on any atom is -0.479 e. The van der Waals surface area contributed by atoms with Gasteiger partial charge in [0.05, 0.1) is 0 Å². The number of amides is 1. The maximum Gasteiger partial charge on any atom is 0.407 e. The summed E-state index contributed by atoms with van der Waals surface area (Å²) in [6.07, 6.45) is 4.69. The molecular formula is C17H27N3O4. The molecule has 2 rings (SSSR count). The molecule has 0 aromatic rings. The number of carboxylic acid groups (broad SMARTS) is 1. The van der Waals surface area contributed by atoms with E-state index in [0.717, 1.165) is 37.3 Å². The number of likely N-dealkylation sites (tertiary alicyclic amines) is 1. The van der Waals surface area contributed by atoms with Crippen LogP contribution in [0.2, 0.25) is 0 Å². The summed E-state index contributed by atoms with van der Waals surface area (Å²) in [5.74, 6) is -0.0293. The minimum atomic E-state index is -0.891. The highest BCUT2D eigenvalue weighted by Crippen LogP contribution is 2.20. The Labute approximate surface area is 142 Å². The lowest BCUT2D eigenvalue weighted by Crippen LogP contribution is -2.49. The third kappa shape index (κ3) is 4.91. The molecular weight excluding hydrogens is 310 g/mol. The van der Waals surface area contributed by atoms with Gasteiger partial charge in [0.25, 0.3) is 0 Å². The standard InChI is InChI=1S/C17H27N3O4/c1-11-5-6-13(15(21)22)19-14(11)20-9-7-12(8-10-20)18-16(23)24-17(2,3)4/h5-6,12-13,19H,7-10H2,1-4H3,(H,18,23)(H,21,22). The predicted octanol–water partition coefficient (Wildman–Crippen LogP) is 1.82. The van der Waals surface area contributed by atoms with Gasteiger partial charge in [0.1, 0.15) is 17.5 Å². The van der Waals surface area contributed by atoms with Crippen LogP contribution in [0.5, 0.6) is 0 Å². The van der Waals surface area contributed by atoms with Crippen LogP contribution in [0.15, 0.2) is 23.5 Å². The lowest BCUT2D eigenvalue weighted by Gasteiger charge is -2.38. The number of nitrogens with one attached hydrogen (secondary N) is 2. The topological polar surface area (TPSA) is 90.9 Å². The Morgan fingerprint density at radius 2 is 1.96 bits per heavy atom. The molecule has 1 saturated heterocycles. The Morgan fingerprint density at radius 3 is 2.50 bits per heavy atom. The normalized spacial score (nSPS) is 22.2. The van der Waals surface area contributed by atoms with E-state index in [2.05, 4.69) is 15.5 Å². The zero-order chi connectivity index (χ0) is 17.9. The van der Waals surface area contributed by atoms with Crippen LogP contribution >= 0.6 is 0 Å². The smallest absolute Gasteiger partial charge is 0.407 e. The number of nitrogens with zero attached hydrogens (tertiary/aromatic N) is 1. The summed E-state index contributed by atoms with van der Waals surface area (Å²) >= 11 is 0. The lowest BCUT2D eigenvalue weighted by molar-refractivity contribution is -0.138. The van der Waals surface area contributed by atoms with Gasteiger partial charge in [0.2, 0.25) is 0 Å². The van der Waals surface area contributed by atoms with Crippen molar-refractivity contribution in [1.82, 2.24) is 15.5 Å². The van der Waals surface area contributed by atoms with Crippen molar-refractivity contribution in [2.45, 2.75) is 58.2 Å². The van der Waals surface area contributed by atoms with E-state index in [-0.39, 0.29) is 12.1 Å². The van der Waals surface area contributed by atoms with Crippen LogP contribution in [0.1, 0.15) is 40.5 Å². The zero-order valence-corrected chi connectivity index (χ0v) is 14.8. The monoisotopic (exact) mass is 337 g/mol. The van der Waals surface area contributed by atoms with E-state index >= 15 is 0 Å². The number of dihydropyridines is 1. The number of carbonyl (C=O) groups is 2. The van der Waals surface area contributed by atoms with Gasteiger partial charge in [-0.3, -0.25) is 0 Å². The summed E-state index contributed by atoms with van der Waals surface area (Å²) < 4.78 is 5.28. The van der Waals surface area contributed by atoms with Crippen molar-refractivity contribution in [3.63, 3.8) is 0 Å². The first kappa shape index (κ1) is 18.2. The van der Waals surface area contributed by atoms with Gasteiger partial charge in [-0.2, -0.15) is 0 Å². The van der Waals surface area contributed by atoms with E-state index in [0.29, 0.717) is 0 Å². The van der Waals surface area contributed by atoms with E-state index < -0.39 is 17.6 Å². The Bertz CT molecular complexity index is 555. The fourth-order valence-corrected chi connectivity index (χ4v) is 2.84. The Morgan fingerprint density at radius 1 is 1.33 bits per heavy atom. The molecule has 0 aromatic carbocycles. The molecule has 0 saturated carbocycles. The molecule has 2 aliphatic rings. The number of hydrogen-bond acceptors (Lipinski definition) is 5. The first-order valence-electron chi connectivity index (χ1n) is 8.28. The van der Waals surface area contributed by atoms with Crippen LogP contribution < -0.4 is 10.6 Å². The van der Waals surface area contributed by atoms with Gasteiger partial charge in [-0.15, -0.1) is 0 Å². The Kier molecular flexibility index (Phi) is 5.41. The molecule has 2 heterocycles. The SMILES string of the molecule is CC1=C(N2CCC(NC(=O)OC(C)(C)C)CC2)NC(C(=O)O)C=C1. The third-order valence-corrected chi connectivity index (χ3v) is 4.00. The molecule has 1 fully saturated rings. The van der Waals surface area contributed by atoms with Crippen molar-refractivity contribution in [1.29, 1.82) is 0 Å². The Hall–Kier alpha value is -2.18. The van der Waals surface area contributed by atoms with Gasteiger partial charge < -0.3 is 25.4 Å². The second-order valence-corrected chi connectivity index (χ2v) is 7.26. The van der Waals surface area contributed by atoms with Crippen molar-refractivity contribution in [3.8, 4) is 0 Å². The minimum absolute atomic E-state index is 0.0754. The van der Waals surface area contributed by atoms with E-state index in [4.69, 9.17) is 9.84 Å². The lowest BCUT2D eigenvalue weighted by atomic mass is 10.0. The number of piperidine rings is 1. The highest BCUT2D eigenvalue weighted by atomic mass is 16.6. The molecule has 3 N–H and O–H groups in total. The molecule has 2 aliphatic heterocycles. The van der Waals surface area contributed by atoms with Gasteiger partial charge in [0.15, 0.2) is 0 Å². The van der Waals surface area contributed by atoms with Gasteiger partial charge in [-0.25, -0.2) is 9.59 Å². The van der Waals surface area contributed by atoms with E-state index in [1.54, 1.807) is 6.08 Å². The molecule has 0 spiro atoms. The fraction of sp³-hybridized carbons (Fsp3) is 0.647. The maximum absolute atomic E-state index is 11.8. The summed E-state index contributed by atoms with van der Waals surface area (Å²) in [5, 5.41) is 15.1. The van der Waals surface area contributed by atoms with Crippen molar-refractivity contribution >= 4 is 12.1 Å². The van der Waals surface area contributed by atoms with E-state index in [1.165, 1.54) is 0 Å². The van der Waals surface area contributed by atoms with Crippen molar-refractivity contribution < 1.29 is 19.4 Å². The average Bonchev–Trinajstić information content (AvgIpc) is 2.46. The number of carbonyl (C=O) groups excluding carboxylic acids is 1. The number of carboxylic acids is 1. The summed E-state index contributed by atoms with van der Waals surface area (Å²) in [4.78, 5) is 25.1. The van der Waals surface area contributed by atoms with Crippen molar-refractivity contribution in [2.24, 2.45) is 0 Å². The molecule has 1 amide bonds. The summed E-state index contributed by atoms with van der Waals surface area (Å²) in [7, 11) is 0. The molecule has 1 unspecified atom stereocenters. The summed E-state index contributed by atoms with van der Waals surface area (Å²) in [6, 6.07) is -0.618. The number of rotatable bonds is 3. The zero-order valence-electron chi connectivity index (χ0n) is 14.8. The van der Waals surface area contributed by atoms with Gasteiger partial charge >= 0.3 is 12.1 Å². The number of ether oxygens (including phenoxy) is 1. The van der Waals surface area contributed by atoms with Crippen LogP contribution in [-0.4, -0.2) is 52.8 Å². The Balaban J connectivity index is 1.87. The number of allylic oxidation sites excluding steroid dienone is 2. The van der Waals surface area contributed by atoms with Gasteiger partial charge in [-0.1, -0.05) is 12.2 Å². The molecule has 7 nitrogen and oxygen atoms in total. The second-order valence-electron chi connectivity index (χ2n) is 7.26.